The summed E-state index contributed by atoms with van der Waals surface area (Å²) in [6.07, 6.45) is 0.268. The molecule has 0 heterocycles. The van der Waals surface area contributed by atoms with Crippen LogP contribution in [0.2, 0.25) is 0 Å². The Bertz CT molecular complexity index is 584. The van der Waals surface area contributed by atoms with Crippen molar-refractivity contribution >= 4 is 11.6 Å². The molecule has 0 radical (unpaired) electrons. The minimum Gasteiger partial charge on any atom is -0.508 e. The maximum atomic E-state index is 11.9. The van der Waals surface area contributed by atoms with Crippen molar-refractivity contribution in [1.82, 2.24) is 5.32 Å². The van der Waals surface area contributed by atoms with E-state index in [4.69, 9.17) is 0 Å². The van der Waals surface area contributed by atoms with E-state index in [-0.39, 0.29) is 24.1 Å². The molecular weight excluding hydrogens is 264 g/mol. The van der Waals surface area contributed by atoms with Gasteiger partial charge in [0, 0.05) is 18.3 Å². The van der Waals surface area contributed by atoms with E-state index in [1.54, 1.807) is 18.2 Å². The van der Waals surface area contributed by atoms with Crippen molar-refractivity contribution in [2.75, 3.05) is 11.9 Å². The predicted octanol–water partition coefficient (Wildman–Crippen LogP) is 2.55. The number of carbonyl (C=O) groups is 1. The van der Waals surface area contributed by atoms with Crippen LogP contribution < -0.4 is 10.6 Å². The van der Waals surface area contributed by atoms with E-state index in [2.05, 4.69) is 10.6 Å². The van der Waals surface area contributed by atoms with Gasteiger partial charge >= 0.3 is 0 Å². The molecule has 1 atom stereocenters. The van der Waals surface area contributed by atoms with Gasteiger partial charge in [-0.2, -0.15) is 0 Å². The first kappa shape index (κ1) is 14.9. The largest absolute Gasteiger partial charge is 0.508 e. The summed E-state index contributed by atoms with van der Waals surface area (Å²) in [5.74, 6) is 0.127. The highest BCUT2D eigenvalue weighted by Gasteiger charge is 2.08. The second-order valence-electron chi connectivity index (χ2n) is 5.06. The highest BCUT2D eigenvalue weighted by atomic mass is 16.3. The summed E-state index contributed by atoms with van der Waals surface area (Å²) < 4.78 is 0. The average Bonchev–Trinajstić information content (AvgIpc) is 2.46. The van der Waals surface area contributed by atoms with Gasteiger partial charge in [-0.05, 0) is 36.8 Å². The highest BCUT2D eigenvalue weighted by Crippen LogP contribution is 2.11. The lowest BCUT2D eigenvalue weighted by atomic mass is 10.1. The fraction of sp³-hybridized carbons (Fsp3) is 0.235. The van der Waals surface area contributed by atoms with Crippen LogP contribution in [0.5, 0.6) is 5.75 Å². The van der Waals surface area contributed by atoms with Crippen LogP contribution in [-0.2, 0) is 11.2 Å². The lowest BCUT2D eigenvalue weighted by Crippen LogP contribution is -2.38. The van der Waals surface area contributed by atoms with Crippen molar-refractivity contribution in [3.05, 3.63) is 60.2 Å². The number of hydrogen-bond donors (Lipinski definition) is 3. The topological polar surface area (TPSA) is 61.4 Å². The zero-order chi connectivity index (χ0) is 15.1. The molecule has 1 amide bonds. The monoisotopic (exact) mass is 284 g/mol. The van der Waals surface area contributed by atoms with Crippen LogP contribution in [0, 0.1) is 0 Å². The second-order valence-corrected chi connectivity index (χ2v) is 5.06. The Morgan fingerprint density at radius 1 is 1.14 bits per heavy atom. The molecule has 4 nitrogen and oxygen atoms in total. The third kappa shape index (κ3) is 5.18. The number of anilines is 1. The van der Waals surface area contributed by atoms with E-state index in [0.717, 1.165) is 11.3 Å². The number of benzene rings is 2. The number of phenolic OH excluding ortho intramolecular Hbond substituents is 1. The van der Waals surface area contributed by atoms with Crippen LogP contribution >= 0.6 is 0 Å². The normalized spacial score (nSPS) is 11.7. The zero-order valence-electron chi connectivity index (χ0n) is 12.0. The number of rotatable bonds is 6. The highest BCUT2D eigenvalue weighted by molar-refractivity contribution is 5.79. The number of phenols is 1. The molecule has 0 saturated carbocycles. The first-order valence-corrected chi connectivity index (χ1v) is 6.99. The maximum absolute atomic E-state index is 11.9. The van der Waals surface area contributed by atoms with Gasteiger partial charge in [0.15, 0.2) is 0 Å². The molecule has 2 rings (SSSR count). The second kappa shape index (κ2) is 7.33. The molecular formula is C17H20N2O2. The summed E-state index contributed by atoms with van der Waals surface area (Å²) in [4.78, 5) is 11.9. The van der Waals surface area contributed by atoms with E-state index in [1.807, 2.05) is 43.3 Å². The lowest BCUT2D eigenvalue weighted by molar-refractivity contribution is -0.120. The first-order chi connectivity index (χ1) is 10.1. The third-order valence-electron chi connectivity index (χ3n) is 3.07. The number of amides is 1. The molecule has 0 aromatic heterocycles. The van der Waals surface area contributed by atoms with Crippen molar-refractivity contribution in [3.8, 4) is 5.75 Å². The van der Waals surface area contributed by atoms with E-state index in [1.165, 1.54) is 0 Å². The molecule has 0 aliphatic rings. The van der Waals surface area contributed by atoms with Gasteiger partial charge < -0.3 is 15.7 Å². The summed E-state index contributed by atoms with van der Waals surface area (Å²) in [6.45, 7) is 2.62. The maximum Gasteiger partial charge on any atom is 0.224 e. The fourth-order valence-corrected chi connectivity index (χ4v) is 2.06. The van der Waals surface area contributed by atoms with Crippen molar-refractivity contribution in [3.63, 3.8) is 0 Å². The fourth-order valence-electron chi connectivity index (χ4n) is 2.06. The van der Waals surface area contributed by atoms with Gasteiger partial charge in [0.1, 0.15) is 5.75 Å². The molecule has 0 fully saturated rings. The van der Waals surface area contributed by atoms with E-state index >= 15 is 0 Å². The Morgan fingerprint density at radius 2 is 1.90 bits per heavy atom. The van der Waals surface area contributed by atoms with Crippen molar-refractivity contribution in [1.29, 1.82) is 0 Å². The third-order valence-corrected chi connectivity index (χ3v) is 3.07. The predicted molar refractivity (Wildman–Crippen MR) is 84.3 cm³/mol. The van der Waals surface area contributed by atoms with E-state index in [0.29, 0.717) is 6.54 Å². The number of nitrogens with one attached hydrogen (secondary N) is 2. The van der Waals surface area contributed by atoms with Crippen LogP contribution in [0.25, 0.3) is 0 Å². The molecule has 0 saturated heterocycles. The van der Waals surface area contributed by atoms with Gasteiger partial charge in [-0.3, -0.25) is 4.79 Å². The average molecular weight is 284 g/mol. The van der Waals surface area contributed by atoms with Gasteiger partial charge in [0.2, 0.25) is 5.91 Å². The lowest BCUT2D eigenvalue weighted by Gasteiger charge is -2.15. The quantitative estimate of drug-likeness (QED) is 0.764. The Balaban J connectivity index is 1.77. The first-order valence-electron chi connectivity index (χ1n) is 6.99. The van der Waals surface area contributed by atoms with E-state index in [9.17, 15) is 9.90 Å². The van der Waals surface area contributed by atoms with Crippen LogP contribution in [0.1, 0.15) is 12.5 Å². The van der Waals surface area contributed by atoms with Crippen molar-refractivity contribution in [2.24, 2.45) is 0 Å². The molecule has 2 aromatic rings. The molecule has 2 aromatic carbocycles. The Labute approximate surface area is 124 Å². The molecule has 4 heteroatoms. The van der Waals surface area contributed by atoms with E-state index < -0.39 is 0 Å². The van der Waals surface area contributed by atoms with Gasteiger partial charge in [-0.15, -0.1) is 0 Å². The molecule has 1 unspecified atom stereocenters. The molecule has 21 heavy (non-hydrogen) atoms. The summed E-state index contributed by atoms with van der Waals surface area (Å²) in [7, 11) is 0. The Morgan fingerprint density at radius 3 is 2.62 bits per heavy atom. The van der Waals surface area contributed by atoms with Crippen LogP contribution in [-0.4, -0.2) is 23.6 Å². The summed E-state index contributed by atoms with van der Waals surface area (Å²) in [5.41, 5.74) is 1.84. The van der Waals surface area contributed by atoms with Crippen molar-refractivity contribution < 1.29 is 9.90 Å². The van der Waals surface area contributed by atoms with Gasteiger partial charge in [0.25, 0.3) is 0 Å². The van der Waals surface area contributed by atoms with Crippen LogP contribution in [0.3, 0.4) is 0 Å². The summed E-state index contributed by atoms with van der Waals surface area (Å²) in [6, 6.07) is 16.6. The summed E-state index contributed by atoms with van der Waals surface area (Å²) >= 11 is 0. The number of aromatic hydroxyl groups is 1. The molecule has 0 bridgehead atoms. The molecule has 0 aliphatic carbocycles. The van der Waals surface area contributed by atoms with Crippen LogP contribution in [0.4, 0.5) is 5.69 Å². The van der Waals surface area contributed by atoms with Gasteiger partial charge in [0.05, 0.1) is 6.42 Å². The number of hydrogen-bond acceptors (Lipinski definition) is 3. The Kier molecular flexibility index (Phi) is 5.21. The van der Waals surface area contributed by atoms with Crippen molar-refractivity contribution in [2.45, 2.75) is 19.4 Å². The molecule has 3 N–H and O–H groups in total. The van der Waals surface area contributed by atoms with Gasteiger partial charge in [-0.1, -0.05) is 30.3 Å². The SMILES string of the molecule is CC(CNc1ccccc1)NC(=O)Cc1cccc(O)c1. The smallest absolute Gasteiger partial charge is 0.224 e. The number of carbonyl (C=O) groups excluding carboxylic acids is 1. The van der Waals surface area contributed by atoms with Crippen LogP contribution in [0.15, 0.2) is 54.6 Å². The standard InChI is InChI=1S/C17H20N2O2/c1-13(12-18-15-7-3-2-4-8-15)19-17(21)11-14-6-5-9-16(20)10-14/h2-10,13,18,20H,11-12H2,1H3,(H,19,21). The van der Waals surface area contributed by atoms with Gasteiger partial charge in [-0.25, -0.2) is 0 Å². The molecule has 0 aliphatic heterocycles. The molecule has 0 spiro atoms. The number of para-hydroxylation sites is 1. The minimum absolute atomic E-state index is 0.0232. The minimum atomic E-state index is -0.0528. The zero-order valence-corrected chi connectivity index (χ0v) is 12.0. The summed E-state index contributed by atoms with van der Waals surface area (Å²) in [5, 5.41) is 15.6. The molecule has 110 valence electrons. The Hall–Kier alpha value is -2.49.